The summed E-state index contributed by atoms with van der Waals surface area (Å²) in [5, 5.41) is 0. The zero-order valence-corrected chi connectivity index (χ0v) is 10.7. The van der Waals surface area contributed by atoms with Crippen LogP contribution in [-0.4, -0.2) is 25.3 Å². The second-order valence-corrected chi connectivity index (χ2v) is 4.56. The van der Waals surface area contributed by atoms with Crippen molar-refractivity contribution in [3.8, 4) is 0 Å². The van der Waals surface area contributed by atoms with Crippen molar-refractivity contribution < 1.29 is 14.3 Å². The van der Waals surface area contributed by atoms with Gasteiger partial charge in [0.05, 0.1) is 19.3 Å². The van der Waals surface area contributed by atoms with Crippen molar-refractivity contribution >= 4 is 5.97 Å². The zero-order valence-electron chi connectivity index (χ0n) is 10.7. The molecule has 16 heavy (non-hydrogen) atoms. The maximum atomic E-state index is 11.6. The number of rotatable bonds is 3. The quantitative estimate of drug-likeness (QED) is 0.548. The summed E-state index contributed by atoms with van der Waals surface area (Å²) in [5.74, 6) is 0.312. The van der Waals surface area contributed by atoms with Crippen molar-refractivity contribution in [1.29, 1.82) is 0 Å². The van der Waals surface area contributed by atoms with Crippen LogP contribution in [0.1, 0.15) is 40.5 Å². The van der Waals surface area contributed by atoms with Crippen molar-refractivity contribution in [3.05, 3.63) is 11.1 Å². The lowest BCUT2D eigenvalue weighted by Crippen LogP contribution is -2.27. The molecule has 1 unspecified atom stereocenters. The number of hydrogen-bond donors (Lipinski definition) is 0. The minimum absolute atomic E-state index is 0.179. The molecule has 1 saturated heterocycles. The zero-order chi connectivity index (χ0) is 12.1. The van der Waals surface area contributed by atoms with Crippen molar-refractivity contribution in [3.63, 3.8) is 0 Å². The Hall–Kier alpha value is -0.830. The lowest BCUT2D eigenvalue weighted by Gasteiger charge is -2.28. The second kappa shape index (κ2) is 6.04. The van der Waals surface area contributed by atoms with Crippen LogP contribution in [0.3, 0.4) is 0 Å². The first-order chi connectivity index (χ1) is 7.56. The summed E-state index contributed by atoms with van der Waals surface area (Å²) in [6, 6.07) is 0. The fraction of sp³-hybridized carbons (Fsp3) is 0.769. The molecule has 0 N–H and O–H groups in total. The van der Waals surface area contributed by atoms with Gasteiger partial charge in [0.25, 0.3) is 0 Å². The topological polar surface area (TPSA) is 35.5 Å². The summed E-state index contributed by atoms with van der Waals surface area (Å²) < 4.78 is 10.7. The standard InChI is InChI=1S/C13H22O3/c1-5-15-13(14)10(4)11-6-7-16-12(8-11)9(2)3/h9,12H,5-8H2,1-4H3. The van der Waals surface area contributed by atoms with Gasteiger partial charge in [-0.05, 0) is 32.6 Å². The molecule has 1 atom stereocenters. The number of esters is 1. The minimum Gasteiger partial charge on any atom is -0.463 e. The summed E-state index contributed by atoms with van der Waals surface area (Å²) in [7, 11) is 0. The van der Waals surface area contributed by atoms with E-state index >= 15 is 0 Å². The van der Waals surface area contributed by atoms with Crippen LogP contribution < -0.4 is 0 Å². The maximum absolute atomic E-state index is 11.6. The van der Waals surface area contributed by atoms with Crippen molar-refractivity contribution in [2.45, 2.75) is 46.6 Å². The maximum Gasteiger partial charge on any atom is 0.333 e. The molecule has 0 aliphatic carbocycles. The molecule has 0 spiro atoms. The Kier molecular flexibility index (Phi) is 5.00. The Bertz CT molecular complexity index is 279. The molecule has 1 aliphatic rings. The number of hydrogen-bond acceptors (Lipinski definition) is 3. The third kappa shape index (κ3) is 3.34. The van der Waals surface area contributed by atoms with Gasteiger partial charge in [0.15, 0.2) is 0 Å². The highest BCUT2D eigenvalue weighted by Gasteiger charge is 2.23. The molecule has 0 aromatic heterocycles. The summed E-state index contributed by atoms with van der Waals surface area (Å²) in [6.07, 6.45) is 1.96. The number of carbonyl (C=O) groups excluding carboxylic acids is 1. The summed E-state index contributed by atoms with van der Waals surface area (Å²) in [5.41, 5.74) is 1.97. The van der Waals surface area contributed by atoms with Crippen LogP contribution in [0.4, 0.5) is 0 Å². The molecule has 0 radical (unpaired) electrons. The fourth-order valence-electron chi connectivity index (χ4n) is 1.89. The molecule has 1 rings (SSSR count). The lowest BCUT2D eigenvalue weighted by atomic mass is 9.92. The van der Waals surface area contributed by atoms with E-state index in [-0.39, 0.29) is 12.1 Å². The lowest BCUT2D eigenvalue weighted by molar-refractivity contribution is -0.138. The van der Waals surface area contributed by atoms with Gasteiger partial charge in [0.2, 0.25) is 0 Å². The molecule has 0 bridgehead atoms. The molecule has 1 aliphatic heterocycles. The molecule has 3 nitrogen and oxygen atoms in total. The Balaban J connectivity index is 2.70. The Labute approximate surface area is 97.8 Å². The van der Waals surface area contributed by atoms with E-state index in [1.54, 1.807) is 0 Å². The Morgan fingerprint density at radius 3 is 2.81 bits per heavy atom. The van der Waals surface area contributed by atoms with Crippen LogP contribution in [0.15, 0.2) is 11.1 Å². The van der Waals surface area contributed by atoms with Gasteiger partial charge in [-0.1, -0.05) is 19.4 Å². The van der Waals surface area contributed by atoms with Gasteiger partial charge in [0.1, 0.15) is 0 Å². The smallest absolute Gasteiger partial charge is 0.333 e. The van der Waals surface area contributed by atoms with Gasteiger partial charge in [-0.25, -0.2) is 4.79 Å². The van der Waals surface area contributed by atoms with E-state index in [9.17, 15) is 4.79 Å². The van der Waals surface area contributed by atoms with Gasteiger partial charge in [0, 0.05) is 5.57 Å². The van der Waals surface area contributed by atoms with Gasteiger partial charge >= 0.3 is 5.97 Å². The third-order valence-corrected chi connectivity index (χ3v) is 3.04. The number of ether oxygens (including phenoxy) is 2. The van der Waals surface area contributed by atoms with Crippen molar-refractivity contribution in [1.82, 2.24) is 0 Å². The van der Waals surface area contributed by atoms with Crippen molar-refractivity contribution in [2.24, 2.45) is 5.92 Å². The second-order valence-electron chi connectivity index (χ2n) is 4.56. The van der Waals surface area contributed by atoms with Gasteiger partial charge in [-0.2, -0.15) is 0 Å². The van der Waals surface area contributed by atoms with E-state index in [1.165, 1.54) is 5.57 Å². The SMILES string of the molecule is CCOC(=O)C(C)=C1CCOC(C(C)C)C1. The monoisotopic (exact) mass is 226 g/mol. The molecule has 92 valence electrons. The summed E-state index contributed by atoms with van der Waals surface area (Å²) in [6.45, 7) is 9.13. The summed E-state index contributed by atoms with van der Waals surface area (Å²) >= 11 is 0. The molecule has 3 heteroatoms. The van der Waals surface area contributed by atoms with E-state index in [1.807, 2.05) is 13.8 Å². The Morgan fingerprint density at radius 1 is 1.56 bits per heavy atom. The Morgan fingerprint density at radius 2 is 2.25 bits per heavy atom. The molecule has 0 aromatic rings. The van der Waals surface area contributed by atoms with Crippen molar-refractivity contribution in [2.75, 3.05) is 13.2 Å². The fourth-order valence-corrected chi connectivity index (χ4v) is 1.89. The highest BCUT2D eigenvalue weighted by molar-refractivity contribution is 5.88. The number of carbonyl (C=O) groups is 1. The van der Waals surface area contributed by atoms with Crippen LogP contribution in [0.5, 0.6) is 0 Å². The first kappa shape index (κ1) is 13.2. The third-order valence-electron chi connectivity index (χ3n) is 3.04. The first-order valence-corrected chi connectivity index (χ1v) is 6.03. The van der Waals surface area contributed by atoms with Gasteiger partial charge < -0.3 is 9.47 Å². The van der Waals surface area contributed by atoms with Gasteiger partial charge in [-0.3, -0.25) is 0 Å². The average Bonchev–Trinajstić information content (AvgIpc) is 2.28. The predicted octanol–water partition coefficient (Wildman–Crippen LogP) is 2.70. The van der Waals surface area contributed by atoms with Crippen LogP contribution in [0.25, 0.3) is 0 Å². The minimum atomic E-state index is -0.179. The van der Waals surface area contributed by atoms with E-state index in [0.29, 0.717) is 12.5 Å². The summed E-state index contributed by atoms with van der Waals surface area (Å²) in [4.78, 5) is 11.6. The predicted molar refractivity (Wildman–Crippen MR) is 63.1 cm³/mol. The van der Waals surface area contributed by atoms with Crippen LogP contribution in [0.2, 0.25) is 0 Å². The first-order valence-electron chi connectivity index (χ1n) is 6.03. The highest BCUT2D eigenvalue weighted by atomic mass is 16.5. The molecule has 0 aromatic carbocycles. The molecule has 0 saturated carbocycles. The largest absolute Gasteiger partial charge is 0.463 e. The molecule has 1 heterocycles. The molecular weight excluding hydrogens is 204 g/mol. The highest BCUT2D eigenvalue weighted by Crippen LogP contribution is 2.26. The molecular formula is C13H22O3. The van der Waals surface area contributed by atoms with E-state index < -0.39 is 0 Å². The normalized spacial score (nSPS) is 24.4. The molecule has 1 fully saturated rings. The average molecular weight is 226 g/mol. The van der Waals surface area contributed by atoms with Crippen LogP contribution in [0, 0.1) is 5.92 Å². The van der Waals surface area contributed by atoms with E-state index in [2.05, 4.69) is 13.8 Å². The van der Waals surface area contributed by atoms with E-state index in [4.69, 9.17) is 9.47 Å². The van der Waals surface area contributed by atoms with E-state index in [0.717, 1.165) is 25.0 Å². The van der Waals surface area contributed by atoms with Crippen LogP contribution in [-0.2, 0) is 14.3 Å². The molecule has 0 amide bonds. The van der Waals surface area contributed by atoms with Crippen LogP contribution >= 0.6 is 0 Å². The van der Waals surface area contributed by atoms with Gasteiger partial charge in [-0.15, -0.1) is 0 Å².